The van der Waals surface area contributed by atoms with Crippen molar-refractivity contribution >= 4 is 5.97 Å². The first kappa shape index (κ1) is 12.8. The van der Waals surface area contributed by atoms with Crippen LogP contribution in [0, 0.1) is 0 Å². The van der Waals surface area contributed by atoms with Gasteiger partial charge in [0.1, 0.15) is 0 Å². The molecule has 2 aromatic rings. The van der Waals surface area contributed by atoms with Crippen molar-refractivity contribution in [3.8, 4) is 11.4 Å². The van der Waals surface area contributed by atoms with Crippen LogP contribution in [0.4, 0.5) is 0 Å². The molecule has 1 atom stereocenters. The predicted molar refractivity (Wildman–Crippen MR) is 69.4 cm³/mol. The van der Waals surface area contributed by atoms with Gasteiger partial charge in [0, 0.05) is 12.2 Å². The molecule has 20 heavy (non-hydrogen) atoms. The molecule has 0 aliphatic carbocycles. The molecule has 0 saturated carbocycles. The van der Waals surface area contributed by atoms with Gasteiger partial charge >= 0.3 is 5.97 Å². The van der Waals surface area contributed by atoms with Crippen LogP contribution in [0.25, 0.3) is 11.4 Å². The first-order valence-corrected chi connectivity index (χ1v) is 6.50. The summed E-state index contributed by atoms with van der Waals surface area (Å²) < 4.78 is 10.7. The average molecular weight is 274 g/mol. The van der Waals surface area contributed by atoms with Crippen molar-refractivity contribution in [2.75, 3.05) is 6.61 Å². The second kappa shape index (κ2) is 5.42. The fourth-order valence-electron chi connectivity index (χ4n) is 2.25. The van der Waals surface area contributed by atoms with Crippen LogP contribution in [-0.4, -0.2) is 33.9 Å². The topological polar surface area (TPSA) is 85.5 Å². The molecule has 1 saturated heterocycles. The third-order valence-electron chi connectivity index (χ3n) is 3.26. The monoisotopic (exact) mass is 274 g/mol. The molecule has 0 spiro atoms. The Balaban J connectivity index is 1.78. The normalized spacial score (nSPS) is 18.3. The van der Waals surface area contributed by atoms with E-state index in [-0.39, 0.29) is 11.7 Å². The Morgan fingerprint density at radius 2 is 2.35 bits per heavy atom. The van der Waals surface area contributed by atoms with Crippen LogP contribution in [0.3, 0.4) is 0 Å². The van der Waals surface area contributed by atoms with E-state index in [9.17, 15) is 4.79 Å². The first-order chi connectivity index (χ1) is 9.72. The summed E-state index contributed by atoms with van der Waals surface area (Å²) in [4.78, 5) is 15.2. The summed E-state index contributed by atoms with van der Waals surface area (Å²) in [6.45, 7) is 0.784. The van der Waals surface area contributed by atoms with Crippen LogP contribution in [0.5, 0.6) is 0 Å². The van der Waals surface area contributed by atoms with Gasteiger partial charge in [-0.3, -0.25) is 0 Å². The van der Waals surface area contributed by atoms with Gasteiger partial charge in [0.25, 0.3) is 0 Å². The van der Waals surface area contributed by atoms with Gasteiger partial charge < -0.3 is 14.4 Å². The molecule has 0 radical (unpaired) electrons. The molecule has 0 amide bonds. The number of carbonyl (C=O) groups is 1. The maximum absolute atomic E-state index is 10.9. The molecule has 1 N–H and O–H groups in total. The highest BCUT2D eigenvalue weighted by molar-refractivity contribution is 5.89. The Bertz CT molecular complexity index is 617. The smallest absolute Gasteiger partial charge is 0.335 e. The molecule has 1 unspecified atom stereocenters. The number of aromatic carboxylic acids is 1. The van der Waals surface area contributed by atoms with Crippen LogP contribution in [0.2, 0.25) is 0 Å². The maximum atomic E-state index is 10.9. The molecule has 1 aliphatic heterocycles. The van der Waals surface area contributed by atoms with Gasteiger partial charge in [0.05, 0.1) is 18.1 Å². The van der Waals surface area contributed by atoms with E-state index in [2.05, 4.69) is 10.1 Å². The molecule has 1 aliphatic rings. The lowest BCUT2D eigenvalue weighted by atomic mass is 10.1. The highest BCUT2D eigenvalue weighted by atomic mass is 16.5. The van der Waals surface area contributed by atoms with Gasteiger partial charge in [-0.25, -0.2) is 4.79 Å². The summed E-state index contributed by atoms with van der Waals surface area (Å²) in [5.74, 6) is -0.0522. The minimum atomic E-state index is -0.977. The summed E-state index contributed by atoms with van der Waals surface area (Å²) in [7, 11) is 0. The van der Waals surface area contributed by atoms with Crippen molar-refractivity contribution in [3.05, 3.63) is 35.7 Å². The molecule has 6 heteroatoms. The number of hydrogen-bond donors (Lipinski definition) is 1. The summed E-state index contributed by atoms with van der Waals surface area (Å²) in [6.07, 6.45) is 2.82. The molecule has 1 aromatic carbocycles. The molecule has 6 nitrogen and oxygen atoms in total. The van der Waals surface area contributed by atoms with Gasteiger partial charge in [-0.2, -0.15) is 4.98 Å². The van der Waals surface area contributed by atoms with E-state index in [1.54, 1.807) is 12.1 Å². The zero-order valence-corrected chi connectivity index (χ0v) is 10.8. The SMILES string of the molecule is O=C(O)c1cccc(-c2noc(CC3CCCO3)n2)c1. The Morgan fingerprint density at radius 1 is 1.45 bits per heavy atom. The highest BCUT2D eigenvalue weighted by Gasteiger charge is 2.20. The largest absolute Gasteiger partial charge is 0.478 e. The molecular formula is C14H14N2O4. The Morgan fingerprint density at radius 3 is 3.10 bits per heavy atom. The quantitative estimate of drug-likeness (QED) is 0.919. The summed E-state index contributed by atoms with van der Waals surface area (Å²) in [5.41, 5.74) is 0.834. The highest BCUT2D eigenvalue weighted by Crippen LogP contribution is 2.20. The van der Waals surface area contributed by atoms with Crippen LogP contribution in [-0.2, 0) is 11.2 Å². The Labute approximate surface area is 115 Å². The third kappa shape index (κ3) is 2.70. The van der Waals surface area contributed by atoms with Crippen molar-refractivity contribution in [2.24, 2.45) is 0 Å². The lowest BCUT2D eigenvalue weighted by Crippen LogP contribution is -2.08. The molecule has 0 bridgehead atoms. The van der Waals surface area contributed by atoms with E-state index in [0.717, 1.165) is 19.4 Å². The number of ether oxygens (including phenoxy) is 1. The van der Waals surface area contributed by atoms with Gasteiger partial charge in [-0.1, -0.05) is 17.3 Å². The Hall–Kier alpha value is -2.21. The fourth-order valence-corrected chi connectivity index (χ4v) is 2.25. The van der Waals surface area contributed by atoms with Crippen LogP contribution in [0.15, 0.2) is 28.8 Å². The van der Waals surface area contributed by atoms with Crippen molar-refractivity contribution in [1.82, 2.24) is 10.1 Å². The maximum Gasteiger partial charge on any atom is 0.335 e. The van der Waals surface area contributed by atoms with E-state index < -0.39 is 5.97 Å². The Kier molecular flexibility index (Phi) is 3.47. The minimum Gasteiger partial charge on any atom is -0.478 e. The van der Waals surface area contributed by atoms with Crippen molar-refractivity contribution in [1.29, 1.82) is 0 Å². The first-order valence-electron chi connectivity index (χ1n) is 6.50. The number of hydrogen-bond acceptors (Lipinski definition) is 5. The summed E-state index contributed by atoms with van der Waals surface area (Å²) in [5, 5.41) is 12.9. The summed E-state index contributed by atoms with van der Waals surface area (Å²) >= 11 is 0. The predicted octanol–water partition coefficient (Wildman–Crippen LogP) is 2.16. The summed E-state index contributed by atoms with van der Waals surface area (Å²) in [6, 6.07) is 6.48. The van der Waals surface area contributed by atoms with Crippen molar-refractivity contribution in [3.63, 3.8) is 0 Å². The van der Waals surface area contributed by atoms with Crippen molar-refractivity contribution < 1.29 is 19.2 Å². The molecule has 3 rings (SSSR count). The van der Waals surface area contributed by atoms with E-state index in [4.69, 9.17) is 14.4 Å². The molecule has 1 fully saturated rings. The second-order valence-corrected chi connectivity index (χ2v) is 4.74. The second-order valence-electron chi connectivity index (χ2n) is 4.74. The number of benzene rings is 1. The van der Waals surface area contributed by atoms with Crippen LogP contribution < -0.4 is 0 Å². The average Bonchev–Trinajstić information content (AvgIpc) is 3.11. The number of carboxylic acid groups (broad SMARTS) is 1. The molecule has 104 valence electrons. The lowest BCUT2D eigenvalue weighted by molar-refractivity contribution is 0.0697. The van der Waals surface area contributed by atoms with E-state index in [1.807, 2.05) is 0 Å². The lowest BCUT2D eigenvalue weighted by Gasteiger charge is -2.03. The van der Waals surface area contributed by atoms with Crippen LogP contribution in [0.1, 0.15) is 29.1 Å². The van der Waals surface area contributed by atoms with Gasteiger partial charge in [0.2, 0.25) is 11.7 Å². The third-order valence-corrected chi connectivity index (χ3v) is 3.26. The van der Waals surface area contributed by atoms with E-state index in [1.165, 1.54) is 12.1 Å². The van der Waals surface area contributed by atoms with E-state index in [0.29, 0.717) is 23.7 Å². The molecule has 1 aromatic heterocycles. The van der Waals surface area contributed by atoms with Gasteiger partial charge in [-0.15, -0.1) is 0 Å². The molecular weight excluding hydrogens is 260 g/mol. The van der Waals surface area contributed by atoms with Crippen molar-refractivity contribution in [2.45, 2.75) is 25.4 Å². The number of aromatic nitrogens is 2. The standard InChI is InChI=1S/C14H14N2O4/c17-14(18)10-4-1-3-9(7-10)13-15-12(20-16-13)8-11-5-2-6-19-11/h1,3-4,7,11H,2,5-6,8H2,(H,17,18). The number of rotatable bonds is 4. The molecule has 2 heterocycles. The van der Waals surface area contributed by atoms with Gasteiger partial charge in [0.15, 0.2) is 0 Å². The van der Waals surface area contributed by atoms with Gasteiger partial charge in [-0.05, 0) is 25.0 Å². The number of nitrogens with zero attached hydrogens (tertiary/aromatic N) is 2. The fraction of sp³-hybridized carbons (Fsp3) is 0.357. The zero-order chi connectivity index (χ0) is 13.9. The van der Waals surface area contributed by atoms with Crippen LogP contribution >= 0.6 is 0 Å². The number of carboxylic acids is 1. The minimum absolute atomic E-state index is 0.147. The van der Waals surface area contributed by atoms with E-state index >= 15 is 0 Å². The zero-order valence-electron chi connectivity index (χ0n) is 10.8.